The monoisotopic (exact) mass is 553 g/mol. The van der Waals surface area contributed by atoms with Gasteiger partial charge in [-0.2, -0.15) is 13.2 Å². The van der Waals surface area contributed by atoms with Crippen molar-refractivity contribution in [2.75, 3.05) is 27.2 Å². The summed E-state index contributed by atoms with van der Waals surface area (Å²) in [6, 6.07) is 6.00. The first kappa shape index (κ1) is 29.9. The number of carbonyl (C=O) groups is 1. The summed E-state index contributed by atoms with van der Waals surface area (Å²) in [5, 5.41) is 2.94. The molecule has 2 aliphatic heterocycles. The number of hydrogen-bond donors (Lipinski definition) is 2. The molecular formula is C27H32F5N5O2. The standard InChI is InChI=1S/C27H32F5N5O2/c1-17-12-26(28,29)16-37(22(17)15-36-23-10-5-4-8-19(13-35-23)27(30,31)32)25(38)24(33)21(14-34-2)18-7-6-9-20(11-18)39-3/h6-11,13-14,17,22,36H,4-5,12,15-16,33H2,1-3H3/b19-8-,23-10?,24-21?,34-14?,35-13?. The highest BCUT2D eigenvalue weighted by Crippen LogP contribution is 2.35. The Bertz CT molecular complexity index is 1200. The normalized spacial score (nSPS) is 23.7. The topological polar surface area (TPSA) is 92.3 Å². The minimum atomic E-state index is -4.54. The van der Waals surface area contributed by atoms with E-state index in [-0.39, 0.29) is 30.1 Å². The highest BCUT2D eigenvalue weighted by atomic mass is 19.4. The van der Waals surface area contributed by atoms with E-state index in [0.29, 0.717) is 17.7 Å². The molecule has 12 heteroatoms. The van der Waals surface area contributed by atoms with Crippen LogP contribution >= 0.6 is 0 Å². The van der Waals surface area contributed by atoms with E-state index in [9.17, 15) is 26.7 Å². The smallest absolute Gasteiger partial charge is 0.417 e. The van der Waals surface area contributed by atoms with Crippen molar-refractivity contribution < 1.29 is 31.5 Å². The number of aliphatic imine (C=N–C) groups is 2. The summed E-state index contributed by atoms with van der Waals surface area (Å²) in [5.74, 6) is -3.93. The fraction of sp³-hybridized carbons (Fsp3) is 0.444. The van der Waals surface area contributed by atoms with Crippen LogP contribution in [0.3, 0.4) is 0 Å². The van der Waals surface area contributed by atoms with Crippen LogP contribution in [-0.2, 0) is 4.79 Å². The maximum absolute atomic E-state index is 14.7. The third kappa shape index (κ3) is 7.67. The molecule has 39 heavy (non-hydrogen) atoms. The molecular weight excluding hydrogens is 521 g/mol. The van der Waals surface area contributed by atoms with Crippen LogP contribution in [0.15, 0.2) is 63.5 Å². The first-order valence-corrected chi connectivity index (χ1v) is 12.4. The number of allylic oxidation sites excluding steroid dienone is 4. The van der Waals surface area contributed by atoms with Gasteiger partial charge in [-0.15, -0.1) is 0 Å². The Morgan fingerprint density at radius 3 is 2.69 bits per heavy atom. The molecule has 1 aromatic rings. The highest BCUT2D eigenvalue weighted by Gasteiger charge is 2.46. The van der Waals surface area contributed by atoms with Crippen LogP contribution in [-0.4, -0.2) is 68.6 Å². The van der Waals surface area contributed by atoms with Crippen molar-refractivity contribution in [3.8, 4) is 5.75 Å². The lowest BCUT2D eigenvalue weighted by Gasteiger charge is -2.43. The van der Waals surface area contributed by atoms with Crippen molar-refractivity contribution in [3.05, 3.63) is 59.1 Å². The van der Waals surface area contributed by atoms with E-state index in [2.05, 4.69) is 15.3 Å². The van der Waals surface area contributed by atoms with E-state index in [1.54, 1.807) is 37.3 Å². The summed E-state index contributed by atoms with van der Waals surface area (Å²) >= 11 is 0. The number of carbonyl (C=O) groups excluding carboxylic acids is 1. The van der Waals surface area contributed by atoms with E-state index < -0.39 is 48.5 Å². The Hall–Kier alpha value is -3.70. The van der Waals surface area contributed by atoms with Gasteiger partial charge in [0.2, 0.25) is 0 Å². The van der Waals surface area contributed by atoms with Gasteiger partial charge in [0.25, 0.3) is 11.8 Å². The quantitative estimate of drug-likeness (QED) is 0.290. The summed E-state index contributed by atoms with van der Waals surface area (Å²) < 4.78 is 74.0. The first-order chi connectivity index (χ1) is 18.4. The SMILES string of the molecule is CN=CC(=C(N)C(=O)N1CC(F)(F)CC(C)C1CNC1=CCC/C=C(\C(F)(F)F)C=N1)c1cccc(OC)c1. The summed E-state index contributed by atoms with van der Waals surface area (Å²) in [6.45, 7) is 0.721. The molecule has 2 atom stereocenters. The molecule has 1 aromatic carbocycles. The molecule has 0 aromatic heterocycles. The molecule has 2 heterocycles. The predicted octanol–water partition coefficient (Wildman–Crippen LogP) is 4.72. The minimum absolute atomic E-state index is 0.0130. The van der Waals surface area contributed by atoms with Gasteiger partial charge in [-0.3, -0.25) is 9.79 Å². The molecule has 3 rings (SSSR count). The van der Waals surface area contributed by atoms with Crippen molar-refractivity contribution >= 4 is 23.9 Å². The van der Waals surface area contributed by atoms with Gasteiger partial charge in [-0.25, -0.2) is 13.8 Å². The number of nitrogens with two attached hydrogens (primary N) is 1. The second-order valence-electron chi connectivity index (χ2n) is 9.45. The van der Waals surface area contributed by atoms with Crippen LogP contribution in [0.25, 0.3) is 5.57 Å². The molecule has 0 aliphatic carbocycles. The number of amides is 1. The zero-order chi connectivity index (χ0) is 28.8. The van der Waals surface area contributed by atoms with E-state index >= 15 is 0 Å². The second-order valence-corrected chi connectivity index (χ2v) is 9.45. The van der Waals surface area contributed by atoms with Crippen molar-refractivity contribution in [2.45, 2.75) is 44.3 Å². The van der Waals surface area contributed by atoms with Gasteiger partial charge < -0.3 is 20.7 Å². The minimum Gasteiger partial charge on any atom is -0.497 e. The molecule has 0 saturated carbocycles. The number of rotatable bonds is 7. The predicted molar refractivity (Wildman–Crippen MR) is 141 cm³/mol. The number of nitrogens with zero attached hydrogens (tertiary/aromatic N) is 3. The number of piperidine rings is 1. The average molecular weight is 554 g/mol. The molecule has 2 aliphatic rings. The fourth-order valence-corrected chi connectivity index (χ4v) is 4.59. The maximum atomic E-state index is 14.7. The molecule has 0 radical (unpaired) electrons. The third-order valence-electron chi connectivity index (χ3n) is 6.53. The lowest BCUT2D eigenvalue weighted by atomic mass is 9.88. The summed E-state index contributed by atoms with van der Waals surface area (Å²) in [5.41, 5.74) is 5.90. The zero-order valence-corrected chi connectivity index (χ0v) is 21.9. The Kier molecular flexibility index (Phi) is 9.52. The Balaban J connectivity index is 1.90. The number of nitrogens with one attached hydrogen (secondary N) is 1. The zero-order valence-electron chi connectivity index (χ0n) is 21.9. The van der Waals surface area contributed by atoms with Crippen LogP contribution in [0.5, 0.6) is 5.75 Å². The molecule has 1 saturated heterocycles. The molecule has 0 spiro atoms. The largest absolute Gasteiger partial charge is 0.497 e. The van der Waals surface area contributed by atoms with Crippen molar-refractivity contribution in [1.29, 1.82) is 0 Å². The number of halogens is 5. The highest BCUT2D eigenvalue weighted by molar-refractivity contribution is 6.18. The molecule has 2 unspecified atom stereocenters. The van der Waals surface area contributed by atoms with Crippen LogP contribution in [0.1, 0.15) is 31.7 Å². The Morgan fingerprint density at radius 2 is 2.03 bits per heavy atom. The molecule has 3 N–H and O–H groups in total. The van der Waals surface area contributed by atoms with E-state index in [0.717, 1.165) is 17.2 Å². The van der Waals surface area contributed by atoms with E-state index in [4.69, 9.17) is 10.5 Å². The van der Waals surface area contributed by atoms with E-state index in [1.165, 1.54) is 20.4 Å². The second kappa shape index (κ2) is 12.4. The number of alkyl halides is 5. The molecule has 0 bridgehead atoms. The van der Waals surface area contributed by atoms with Gasteiger partial charge in [0, 0.05) is 38.0 Å². The van der Waals surface area contributed by atoms with Gasteiger partial charge in [0.1, 0.15) is 17.3 Å². The van der Waals surface area contributed by atoms with Crippen molar-refractivity contribution in [2.24, 2.45) is 21.6 Å². The molecule has 1 amide bonds. The number of benzene rings is 1. The van der Waals surface area contributed by atoms with Crippen LogP contribution in [0.2, 0.25) is 0 Å². The Labute approximate surface area is 224 Å². The number of hydrogen-bond acceptors (Lipinski definition) is 6. The number of likely N-dealkylation sites (tertiary alicyclic amines) is 1. The van der Waals surface area contributed by atoms with Gasteiger partial charge in [0.15, 0.2) is 0 Å². The average Bonchev–Trinajstić information content (AvgIpc) is 2.85. The third-order valence-corrected chi connectivity index (χ3v) is 6.53. The fourth-order valence-electron chi connectivity index (χ4n) is 4.59. The molecule has 212 valence electrons. The van der Waals surface area contributed by atoms with Gasteiger partial charge in [-0.05, 0) is 42.5 Å². The van der Waals surface area contributed by atoms with Crippen LogP contribution in [0.4, 0.5) is 22.0 Å². The van der Waals surface area contributed by atoms with Gasteiger partial charge in [-0.1, -0.05) is 25.1 Å². The number of ether oxygens (including phenoxy) is 1. The lowest BCUT2D eigenvalue weighted by Crippen LogP contribution is -2.59. The van der Waals surface area contributed by atoms with Crippen LogP contribution in [0, 0.1) is 5.92 Å². The molecule has 1 fully saturated rings. The van der Waals surface area contributed by atoms with Crippen molar-refractivity contribution in [3.63, 3.8) is 0 Å². The summed E-state index contributed by atoms with van der Waals surface area (Å²) in [4.78, 5) is 22.5. The lowest BCUT2D eigenvalue weighted by molar-refractivity contribution is -0.148. The number of methoxy groups -OCH3 is 1. The van der Waals surface area contributed by atoms with Gasteiger partial charge >= 0.3 is 6.18 Å². The van der Waals surface area contributed by atoms with Crippen molar-refractivity contribution in [1.82, 2.24) is 10.2 Å². The Morgan fingerprint density at radius 1 is 1.31 bits per heavy atom. The maximum Gasteiger partial charge on any atom is 0.417 e. The summed E-state index contributed by atoms with van der Waals surface area (Å²) in [6.07, 6.45) is 0.260. The summed E-state index contributed by atoms with van der Waals surface area (Å²) in [7, 11) is 2.97. The van der Waals surface area contributed by atoms with Gasteiger partial charge in [0.05, 0.1) is 25.3 Å². The van der Waals surface area contributed by atoms with E-state index in [1.807, 2.05) is 0 Å². The first-order valence-electron chi connectivity index (χ1n) is 12.4. The molecule has 7 nitrogen and oxygen atoms in total. The van der Waals surface area contributed by atoms with Crippen LogP contribution < -0.4 is 15.8 Å².